The van der Waals surface area contributed by atoms with Crippen LogP contribution < -0.4 is 15.4 Å². The summed E-state index contributed by atoms with van der Waals surface area (Å²) in [6.07, 6.45) is 0.870. The summed E-state index contributed by atoms with van der Waals surface area (Å²) < 4.78 is 5.73. The molecule has 0 aliphatic rings. The van der Waals surface area contributed by atoms with Gasteiger partial charge in [0.1, 0.15) is 18.2 Å². The number of carbonyl (C=O) groups excluding carboxylic acids is 1. The van der Waals surface area contributed by atoms with Crippen LogP contribution in [0, 0.1) is 6.92 Å². The summed E-state index contributed by atoms with van der Waals surface area (Å²) in [4.78, 5) is 19.6. The number of aryl methyl sites for hydroxylation is 1. The summed E-state index contributed by atoms with van der Waals surface area (Å²) in [6.45, 7) is 4.88. The average Bonchev–Trinajstić information content (AvgIpc) is 3.14. The predicted octanol–water partition coefficient (Wildman–Crippen LogP) is 3.17. The molecule has 7 nitrogen and oxygen atoms in total. The molecule has 0 saturated carbocycles. The first-order chi connectivity index (χ1) is 14.0. The van der Waals surface area contributed by atoms with Gasteiger partial charge in [0.2, 0.25) is 5.91 Å². The van der Waals surface area contributed by atoms with Gasteiger partial charge in [-0.1, -0.05) is 6.07 Å². The van der Waals surface area contributed by atoms with Crippen molar-refractivity contribution in [3.05, 3.63) is 58.5 Å². The van der Waals surface area contributed by atoms with Gasteiger partial charge < -0.3 is 20.5 Å². The topological polar surface area (TPSA) is 96.4 Å². The Hall–Kier alpha value is -2.81. The summed E-state index contributed by atoms with van der Waals surface area (Å²) >= 11 is 1.63. The Balaban J connectivity index is 1.37. The fraction of sp³-hybridized carbons (Fsp3) is 0.286. The first kappa shape index (κ1) is 20.9. The van der Waals surface area contributed by atoms with E-state index in [9.17, 15) is 9.90 Å². The second-order valence-corrected chi connectivity index (χ2v) is 7.56. The van der Waals surface area contributed by atoms with Crippen molar-refractivity contribution < 1.29 is 14.6 Å². The van der Waals surface area contributed by atoms with E-state index in [2.05, 4.69) is 20.6 Å². The number of benzene rings is 1. The number of nitrogens with zero attached hydrogens (tertiary/aromatic N) is 2. The number of thiazole rings is 1. The molecule has 3 N–H and O–H groups in total. The molecule has 0 aliphatic heterocycles. The summed E-state index contributed by atoms with van der Waals surface area (Å²) in [6, 6.07) is 11.3. The van der Waals surface area contributed by atoms with Crippen molar-refractivity contribution in [3.63, 3.8) is 0 Å². The van der Waals surface area contributed by atoms with E-state index in [1.54, 1.807) is 29.7 Å². The first-order valence-electron chi connectivity index (χ1n) is 9.29. The molecular weight excluding hydrogens is 388 g/mol. The number of hydrogen-bond donors (Lipinski definition) is 3. The predicted molar refractivity (Wildman–Crippen MR) is 114 cm³/mol. The lowest BCUT2D eigenvalue weighted by Gasteiger charge is -2.13. The number of anilines is 1. The Morgan fingerprint density at radius 1 is 1.24 bits per heavy atom. The van der Waals surface area contributed by atoms with Crippen LogP contribution in [0.15, 0.2) is 48.0 Å². The Bertz CT molecular complexity index is 926. The van der Waals surface area contributed by atoms with Gasteiger partial charge in [-0.05, 0) is 37.3 Å². The zero-order valence-electron chi connectivity index (χ0n) is 16.4. The van der Waals surface area contributed by atoms with Crippen LogP contribution in [0.1, 0.15) is 23.6 Å². The van der Waals surface area contributed by atoms with Gasteiger partial charge in [0.25, 0.3) is 0 Å². The molecule has 152 valence electrons. The number of aliphatic hydroxyl groups excluding tert-OH is 1. The van der Waals surface area contributed by atoms with Gasteiger partial charge in [0.05, 0.1) is 16.8 Å². The van der Waals surface area contributed by atoms with E-state index in [1.807, 2.05) is 36.6 Å². The molecule has 8 heteroatoms. The van der Waals surface area contributed by atoms with Crippen LogP contribution in [0.4, 0.5) is 5.82 Å². The van der Waals surface area contributed by atoms with Gasteiger partial charge in [-0.2, -0.15) is 0 Å². The maximum absolute atomic E-state index is 11.0. The van der Waals surface area contributed by atoms with Gasteiger partial charge in [0, 0.05) is 42.7 Å². The molecule has 0 radical (unpaired) electrons. The minimum atomic E-state index is -0.685. The molecule has 0 saturated heterocycles. The number of aromatic nitrogens is 2. The van der Waals surface area contributed by atoms with E-state index in [0.717, 1.165) is 22.0 Å². The van der Waals surface area contributed by atoms with Crippen molar-refractivity contribution in [3.8, 4) is 17.0 Å². The van der Waals surface area contributed by atoms with Crippen molar-refractivity contribution in [1.29, 1.82) is 0 Å². The van der Waals surface area contributed by atoms with E-state index >= 15 is 0 Å². The smallest absolute Gasteiger partial charge is 0.222 e. The lowest BCUT2D eigenvalue weighted by atomic mass is 10.1. The first-order valence-corrected chi connectivity index (χ1v) is 10.2. The molecular formula is C21H24N4O3S. The Kier molecular flexibility index (Phi) is 7.29. The van der Waals surface area contributed by atoms with Crippen molar-refractivity contribution in [1.82, 2.24) is 15.3 Å². The zero-order valence-corrected chi connectivity index (χ0v) is 17.2. The largest absolute Gasteiger partial charge is 0.492 e. The molecule has 1 aromatic carbocycles. The maximum atomic E-state index is 11.0. The minimum absolute atomic E-state index is 0.180. The number of carbonyl (C=O) groups is 1. The van der Waals surface area contributed by atoms with Crippen LogP contribution in [-0.4, -0.2) is 40.7 Å². The van der Waals surface area contributed by atoms with E-state index in [1.165, 1.54) is 6.92 Å². The summed E-state index contributed by atoms with van der Waals surface area (Å²) in [5.41, 5.74) is 2.73. The third kappa shape index (κ3) is 6.35. The Morgan fingerprint density at radius 3 is 2.66 bits per heavy atom. The lowest BCUT2D eigenvalue weighted by Crippen LogP contribution is -2.26. The van der Waals surface area contributed by atoms with E-state index in [-0.39, 0.29) is 5.91 Å². The highest BCUT2D eigenvalue weighted by Crippen LogP contribution is 2.23. The molecule has 2 aromatic heterocycles. The molecule has 1 unspecified atom stereocenters. The summed E-state index contributed by atoms with van der Waals surface area (Å²) in [5, 5.41) is 19.1. The number of aliphatic hydroxyl groups is 1. The molecule has 0 aliphatic carbocycles. The van der Waals surface area contributed by atoms with Gasteiger partial charge in [-0.15, -0.1) is 11.3 Å². The number of hydrogen-bond acceptors (Lipinski definition) is 7. The minimum Gasteiger partial charge on any atom is -0.492 e. The molecule has 0 fully saturated rings. The quantitative estimate of drug-likeness (QED) is 0.467. The van der Waals surface area contributed by atoms with Crippen molar-refractivity contribution in [2.45, 2.75) is 20.0 Å². The number of nitrogens with one attached hydrogen (secondary N) is 2. The summed E-state index contributed by atoms with van der Waals surface area (Å²) in [7, 11) is 0. The normalized spacial score (nSPS) is 11.8. The standard InChI is InChI=1S/C21H24N4O3S/c1-14(26)24-21-8-5-17(11-23-21)20(27)12-22-9-10-28-18-6-3-16(4-7-18)19-13-29-15(2)25-19/h3-8,11,13,20,22,27H,9-10,12H2,1-2H3,(H,23,24,26). The average molecular weight is 413 g/mol. The molecule has 1 atom stereocenters. The molecule has 3 rings (SSSR count). The van der Waals surface area contributed by atoms with Gasteiger partial charge in [0.15, 0.2) is 0 Å². The number of ether oxygens (including phenoxy) is 1. The highest BCUT2D eigenvalue weighted by molar-refractivity contribution is 7.09. The van der Waals surface area contributed by atoms with Crippen LogP contribution in [0.3, 0.4) is 0 Å². The second kappa shape index (κ2) is 10.1. The molecule has 3 aromatic rings. The third-order valence-electron chi connectivity index (χ3n) is 4.13. The Morgan fingerprint density at radius 2 is 2.03 bits per heavy atom. The zero-order chi connectivity index (χ0) is 20.6. The molecule has 2 heterocycles. The van der Waals surface area contributed by atoms with Gasteiger partial charge >= 0.3 is 0 Å². The lowest BCUT2D eigenvalue weighted by molar-refractivity contribution is -0.114. The van der Waals surface area contributed by atoms with Crippen LogP contribution >= 0.6 is 11.3 Å². The fourth-order valence-corrected chi connectivity index (χ4v) is 3.29. The SMILES string of the molecule is CC(=O)Nc1ccc(C(O)CNCCOc2ccc(-c3csc(C)n3)cc2)cn1. The van der Waals surface area contributed by atoms with Crippen molar-refractivity contribution in [2.75, 3.05) is 25.0 Å². The van der Waals surface area contributed by atoms with Crippen LogP contribution in [-0.2, 0) is 4.79 Å². The van der Waals surface area contributed by atoms with Crippen LogP contribution in [0.25, 0.3) is 11.3 Å². The van der Waals surface area contributed by atoms with Crippen LogP contribution in [0.5, 0.6) is 5.75 Å². The van der Waals surface area contributed by atoms with E-state index in [0.29, 0.717) is 31.1 Å². The number of rotatable bonds is 9. The summed E-state index contributed by atoms with van der Waals surface area (Å²) in [5.74, 6) is 1.08. The van der Waals surface area contributed by atoms with Gasteiger partial charge in [-0.25, -0.2) is 9.97 Å². The highest BCUT2D eigenvalue weighted by Gasteiger charge is 2.08. The number of pyridine rings is 1. The highest BCUT2D eigenvalue weighted by atomic mass is 32.1. The van der Waals surface area contributed by atoms with Crippen molar-refractivity contribution in [2.24, 2.45) is 0 Å². The molecule has 1 amide bonds. The van der Waals surface area contributed by atoms with Crippen molar-refractivity contribution >= 4 is 23.1 Å². The maximum Gasteiger partial charge on any atom is 0.222 e. The fourth-order valence-electron chi connectivity index (χ4n) is 2.67. The Labute approximate surface area is 173 Å². The van der Waals surface area contributed by atoms with Crippen LogP contribution in [0.2, 0.25) is 0 Å². The third-order valence-corrected chi connectivity index (χ3v) is 4.90. The molecule has 0 bridgehead atoms. The van der Waals surface area contributed by atoms with E-state index < -0.39 is 6.10 Å². The monoisotopic (exact) mass is 412 g/mol. The van der Waals surface area contributed by atoms with Gasteiger partial charge in [-0.3, -0.25) is 4.79 Å². The number of amides is 1. The second-order valence-electron chi connectivity index (χ2n) is 6.50. The molecule has 0 spiro atoms. The van der Waals surface area contributed by atoms with E-state index in [4.69, 9.17) is 4.74 Å². The molecule has 29 heavy (non-hydrogen) atoms.